The lowest BCUT2D eigenvalue weighted by molar-refractivity contribution is 0.103. The number of carbonyl (C=O) groups excluding carboxylic acids is 1. The standard InChI is InChI=1S/C14H7Br3N2O/c15-7-1-2-9(12(17)4-7)13(20)11-6-19-14-10(11)3-8(16)5-18-14/h1-6H,(H,18,19). The van der Waals surface area contributed by atoms with Crippen molar-refractivity contribution in [3.05, 3.63) is 61.2 Å². The number of H-pyrrole nitrogens is 1. The van der Waals surface area contributed by atoms with Gasteiger partial charge in [0.25, 0.3) is 0 Å². The van der Waals surface area contributed by atoms with Gasteiger partial charge < -0.3 is 4.98 Å². The molecule has 0 aliphatic carbocycles. The molecule has 0 fully saturated rings. The number of nitrogens with zero attached hydrogens (tertiary/aromatic N) is 1. The van der Waals surface area contributed by atoms with E-state index in [0.717, 1.165) is 18.8 Å². The molecule has 0 amide bonds. The highest BCUT2D eigenvalue weighted by atomic mass is 79.9. The van der Waals surface area contributed by atoms with Gasteiger partial charge in [0.15, 0.2) is 5.78 Å². The van der Waals surface area contributed by atoms with Crippen LogP contribution < -0.4 is 0 Å². The number of pyridine rings is 1. The van der Waals surface area contributed by atoms with E-state index in [0.29, 0.717) is 16.8 Å². The Bertz CT molecular complexity index is 826. The first-order chi connectivity index (χ1) is 9.56. The zero-order valence-electron chi connectivity index (χ0n) is 9.95. The molecule has 2 aromatic heterocycles. The number of fused-ring (bicyclic) bond motifs is 1. The molecule has 0 atom stereocenters. The molecular formula is C14H7Br3N2O. The largest absolute Gasteiger partial charge is 0.345 e. The lowest BCUT2D eigenvalue weighted by Gasteiger charge is -2.03. The van der Waals surface area contributed by atoms with Crippen LogP contribution in [0.2, 0.25) is 0 Å². The molecule has 1 N–H and O–H groups in total. The van der Waals surface area contributed by atoms with Gasteiger partial charge in [0.2, 0.25) is 0 Å². The summed E-state index contributed by atoms with van der Waals surface area (Å²) < 4.78 is 2.52. The molecule has 0 unspecified atom stereocenters. The Labute approximate surface area is 140 Å². The van der Waals surface area contributed by atoms with Crippen molar-refractivity contribution < 1.29 is 4.79 Å². The summed E-state index contributed by atoms with van der Waals surface area (Å²) in [6.45, 7) is 0. The SMILES string of the molecule is O=C(c1ccc(Br)cc1Br)c1c[nH]c2ncc(Br)cc12. The van der Waals surface area contributed by atoms with Crippen molar-refractivity contribution in [2.45, 2.75) is 0 Å². The van der Waals surface area contributed by atoms with Gasteiger partial charge in [-0.1, -0.05) is 15.9 Å². The van der Waals surface area contributed by atoms with Crippen LogP contribution in [0.3, 0.4) is 0 Å². The number of aromatic amines is 1. The summed E-state index contributed by atoms with van der Waals surface area (Å²) in [5.41, 5.74) is 1.93. The Morgan fingerprint density at radius 1 is 1.05 bits per heavy atom. The quantitative estimate of drug-likeness (QED) is 0.544. The van der Waals surface area contributed by atoms with Crippen LogP contribution in [0.15, 0.2) is 50.1 Å². The number of rotatable bonds is 2. The van der Waals surface area contributed by atoms with Crippen molar-refractivity contribution >= 4 is 64.6 Å². The number of halogens is 3. The fourth-order valence-corrected chi connectivity index (χ4v) is 3.54. The molecule has 20 heavy (non-hydrogen) atoms. The number of hydrogen-bond acceptors (Lipinski definition) is 2. The Hall–Kier alpha value is -0.980. The van der Waals surface area contributed by atoms with Crippen LogP contribution in [0.25, 0.3) is 11.0 Å². The predicted molar refractivity (Wildman–Crippen MR) is 89.1 cm³/mol. The molecule has 0 spiro atoms. The Balaban J connectivity index is 2.15. The van der Waals surface area contributed by atoms with E-state index in [1.54, 1.807) is 18.5 Å². The topological polar surface area (TPSA) is 45.8 Å². The third kappa shape index (κ3) is 2.47. The average molecular weight is 459 g/mol. The van der Waals surface area contributed by atoms with Crippen LogP contribution in [-0.4, -0.2) is 15.8 Å². The second kappa shape index (κ2) is 5.42. The molecule has 6 heteroatoms. The molecule has 3 aromatic rings. The fraction of sp³-hybridized carbons (Fsp3) is 0. The number of benzene rings is 1. The molecule has 1 aromatic carbocycles. The van der Waals surface area contributed by atoms with Crippen LogP contribution in [-0.2, 0) is 0 Å². The van der Waals surface area contributed by atoms with Crippen LogP contribution in [0.1, 0.15) is 15.9 Å². The minimum atomic E-state index is -0.0458. The highest BCUT2D eigenvalue weighted by molar-refractivity contribution is 9.11. The summed E-state index contributed by atoms with van der Waals surface area (Å²) in [7, 11) is 0. The van der Waals surface area contributed by atoms with E-state index in [1.807, 2.05) is 18.2 Å². The lowest BCUT2D eigenvalue weighted by Crippen LogP contribution is -2.01. The average Bonchev–Trinajstić information content (AvgIpc) is 2.81. The zero-order valence-corrected chi connectivity index (χ0v) is 14.7. The molecular weight excluding hydrogens is 452 g/mol. The van der Waals surface area contributed by atoms with Crippen molar-refractivity contribution in [2.24, 2.45) is 0 Å². The molecule has 0 aliphatic rings. The van der Waals surface area contributed by atoms with Gasteiger partial charge in [-0.05, 0) is 56.1 Å². The Kier molecular flexibility index (Phi) is 3.79. The molecule has 3 rings (SSSR count). The number of hydrogen-bond donors (Lipinski definition) is 1. The van der Waals surface area contributed by atoms with Crippen molar-refractivity contribution in [1.29, 1.82) is 0 Å². The summed E-state index contributed by atoms with van der Waals surface area (Å²) in [5.74, 6) is -0.0458. The third-order valence-corrected chi connectivity index (χ3v) is 4.50. The normalized spacial score (nSPS) is 10.9. The van der Waals surface area contributed by atoms with Gasteiger partial charge in [0.05, 0.1) is 0 Å². The van der Waals surface area contributed by atoms with Gasteiger partial charge in [-0.2, -0.15) is 0 Å². The summed E-state index contributed by atoms with van der Waals surface area (Å²) in [4.78, 5) is 19.9. The van der Waals surface area contributed by atoms with Crippen molar-refractivity contribution in [1.82, 2.24) is 9.97 Å². The van der Waals surface area contributed by atoms with Gasteiger partial charge in [0, 0.05) is 42.3 Å². The van der Waals surface area contributed by atoms with Crippen LogP contribution in [0.5, 0.6) is 0 Å². The second-order valence-electron chi connectivity index (χ2n) is 4.21. The molecule has 0 bridgehead atoms. The highest BCUT2D eigenvalue weighted by Crippen LogP contribution is 2.27. The second-order valence-corrected chi connectivity index (χ2v) is 6.89. The number of nitrogens with one attached hydrogen (secondary N) is 1. The van der Waals surface area contributed by atoms with E-state index in [4.69, 9.17) is 0 Å². The van der Waals surface area contributed by atoms with E-state index in [-0.39, 0.29) is 5.78 Å². The molecule has 2 heterocycles. The van der Waals surface area contributed by atoms with Gasteiger partial charge in [0.1, 0.15) is 5.65 Å². The van der Waals surface area contributed by atoms with E-state index >= 15 is 0 Å². The minimum Gasteiger partial charge on any atom is -0.345 e. The van der Waals surface area contributed by atoms with E-state index in [9.17, 15) is 4.79 Å². The zero-order chi connectivity index (χ0) is 14.3. The maximum Gasteiger partial charge on any atom is 0.196 e. The van der Waals surface area contributed by atoms with Gasteiger partial charge >= 0.3 is 0 Å². The van der Waals surface area contributed by atoms with Gasteiger partial charge in [-0.15, -0.1) is 0 Å². The first-order valence-electron chi connectivity index (χ1n) is 5.68. The molecule has 0 saturated heterocycles. The third-order valence-electron chi connectivity index (χ3n) is 2.92. The van der Waals surface area contributed by atoms with Gasteiger partial charge in [-0.3, -0.25) is 4.79 Å². The first kappa shape index (κ1) is 14.0. The minimum absolute atomic E-state index is 0.0458. The van der Waals surface area contributed by atoms with E-state index in [2.05, 4.69) is 57.8 Å². The maximum atomic E-state index is 12.7. The van der Waals surface area contributed by atoms with Crippen molar-refractivity contribution in [3.63, 3.8) is 0 Å². The highest BCUT2D eigenvalue weighted by Gasteiger charge is 2.17. The number of ketones is 1. The lowest BCUT2D eigenvalue weighted by atomic mass is 10.0. The van der Waals surface area contributed by atoms with E-state index in [1.165, 1.54) is 0 Å². The van der Waals surface area contributed by atoms with Crippen LogP contribution in [0.4, 0.5) is 0 Å². The Morgan fingerprint density at radius 2 is 1.85 bits per heavy atom. The summed E-state index contributed by atoms with van der Waals surface area (Å²) in [6, 6.07) is 7.39. The smallest absolute Gasteiger partial charge is 0.196 e. The van der Waals surface area contributed by atoms with Gasteiger partial charge in [-0.25, -0.2) is 4.98 Å². The first-order valence-corrected chi connectivity index (χ1v) is 8.06. The van der Waals surface area contributed by atoms with Crippen LogP contribution in [0, 0.1) is 0 Å². The monoisotopic (exact) mass is 456 g/mol. The van der Waals surface area contributed by atoms with Crippen molar-refractivity contribution in [3.8, 4) is 0 Å². The molecule has 0 saturated carbocycles. The van der Waals surface area contributed by atoms with Crippen LogP contribution >= 0.6 is 47.8 Å². The molecule has 100 valence electrons. The molecule has 0 aliphatic heterocycles. The number of aromatic nitrogens is 2. The number of carbonyl (C=O) groups is 1. The van der Waals surface area contributed by atoms with E-state index < -0.39 is 0 Å². The summed E-state index contributed by atoms with van der Waals surface area (Å²) in [5, 5.41) is 0.805. The summed E-state index contributed by atoms with van der Waals surface area (Å²) in [6.07, 6.45) is 3.39. The van der Waals surface area contributed by atoms with Crippen molar-refractivity contribution in [2.75, 3.05) is 0 Å². The maximum absolute atomic E-state index is 12.7. The fourth-order valence-electron chi connectivity index (χ4n) is 1.98. The predicted octanol–water partition coefficient (Wildman–Crippen LogP) is 5.08. The molecule has 3 nitrogen and oxygen atoms in total. The molecule has 0 radical (unpaired) electrons. The Morgan fingerprint density at radius 3 is 2.60 bits per heavy atom. The summed E-state index contributed by atoms with van der Waals surface area (Å²) >= 11 is 10.2.